The number of amides is 1. The summed E-state index contributed by atoms with van der Waals surface area (Å²) in [5.41, 5.74) is 0.895. The van der Waals surface area contributed by atoms with Crippen LogP contribution >= 0.6 is 23.4 Å². The van der Waals surface area contributed by atoms with Crippen molar-refractivity contribution in [2.75, 3.05) is 29.1 Å². The van der Waals surface area contributed by atoms with Crippen LogP contribution in [0.15, 0.2) is 41.7 Å². The molecule has 1 aliphatic carbocycles. The molecule has 3 heterocycles. The molecular formula is C22H26ClN7OS. The van der Waals surface area contributed by atoms with Crippen molar-refractivity contribution in [3.05, 3.63) is 41.6 Å². The molecule has 0 atom stereocenters. The van der Waals surface area contributed by atoms with E-state index in [1.165, 1.54) is 24.6 Å². The molecule has 2 aromatic heterocycles. The van der Waals surface area contributed by atoms with Gasteiger partial charge in [0.05, 0.1) is 23.7 Å². The van der Waals surface area contributed by atoms with Crippen LogP contribution in [0.3, 0.4) is 0 Å². The van der Waals surface area contributed by atoms with Gasteiger partial charge in [-0.25, -0.2) is 4.68 Å². The van der Waals surface area contributed by atoms with Crippen LogP contribution in [0.5, 0.6) is 0 Å². The molecule has 32 heavy (non-hydrogen) atoms. The summed E-state index contributed by atoms with van der Waals surface area (Å²) in [5, 5.41) is 17.6. The number of halogens is 1. The first-order valence-electron chi connectivity index (χ1n) is 11.1. The highest BCUT2D eigenvalue weighted by atomic mass is 35.5. The Kier molecular flexibility index (Phi) is 6.36. The molecule has 2 fully saturated rings. The van der Waals surface area contributed by atoms with E-state index in [0.717, 1.165) is 56.2 Å². The SMILES string of the molecule is O=C(CSc1nnc(N2CCCC2)n1-c1cccc(Cl)c1)Nc1ccnn1C1CCCC1. The fourth-order valence-electron chi connectivity index (χ4n) is 4.48. The molecule has 1 saturated carbocycles. The van der Waals surface area contributed by atoms with Gasteiger partial charge in [0.1, 0.15) is 5.82 Å². The normalized spacial score (nSPS) is 16.7. The maximum absolute atomic E-state index is 12.8. The van der Waals surface area contributed by atoms with Crippen molar-refractivity contribution in [1.82, 2.24) is 24.5 Å². The molecule has 1 saturated heterocycles. The lowest BCUT2D eigenvalue weighted by molar-refractivity contribution is -0.113. The van der Waals surface area contributed by atoms with E-state index in [9.17, 15) is 4.79 Å². The van der Waals surface area contributed by atoms with Crippen molar-refractivity contribution >= 4 is 41.0 Å². The zero-order chi connectivity index (χ0) is 21.9. The standard InChI is InChI=1S/C22H26ClN7OS/c23-16-6-5-9-18(14-16)29-21(28-12-3-4-13-28)26-27-22(29)32-15-20(31)25-19-10-11-24-30(19)17-7-1-2-8-17/h5-6,9-11,14,17H,1-4,7-8,12-13,15H2,(H,25,31). The Hall–Kier alpha value is -2.52. The summed E-state index contributed by atoms with van der Waals surface area (Å²) in [6.07, 6.45) is 8.68. The molecule has 5 rings (SSSR count). The zero-order valence-electron chi connectivity index (χ0n) is 17.8. The number of anilines is 2. The van der Waals surface area contributed by atoms with E-state index >= 15 is 0 Å². The average molecular weight is 472 g/mol. The van der Waals surface area contributed by atoms with E-state index in [-0.39, 0.29) is 11.7 Å². The van der Waals surface area contributed by atoms with Crippen LogP contribution in [0.4, 0.5) is 11.8 Å². The largest absolute Gasteiger partial charge is 0.341 e. The summed E-state index contributed by atoms with van der Waals surface area (Å²) >= 11 is 7.63. The van der Waals surface area contributed by atoms with Crippen molar-refractivity contribution in [3.63, 3.8) is 0 Å². The number of nitrogens with zero attached hydrogens (tertiary/aromatic N) is 6. The number of carbonyl (C=O) groups excluding carboxylic acids is 1. The molecule has 1 amide bonds. The Morgan fingerprint density at radius 2 is 1.94 bits per heavy atom. The van der Waals surface area contributed by atoms with E-state index in [1.54, 1.807) is 6.20 Å². The highest BCUT2D eigenvalue weighted by molar-refractivity contribution is 7.99. The summed E-state index contributed by atoms with van der Waals surface area (Å²) in [4.78, 5) is 15.0. The van der Waals surface area contributed by atoms with Crippen LogP contribution < -0.4 is 10.2 Å². The summed E-state index contributed by atoms with van der Waals surface area (Å²) in [5.74, 6) is 1.70. The van der Waals surface area contributed by atoms with Crippen molar-refractivity contribution in [1.29, 1.82) is 0 Å². The number of benzene rings is 1. The molecule has 3 aromatic rings. The third-order valence-corrected chi connectivity index (χ3v) is 7.18. The lowest BCUT2D eigenvalue weighted by atomic mass is 10.2. The third-order valence-electron chi connectivity index (χ3n) is 6.01. The van der Waals surface area contributed by atoms with Crippen molar-refractivity contribution in [2.24, 2.45) is 0 Å². The van der Waals surface area contributed by atoms with Crippen molar-refractivity contribution in [3.8, 4) is 5.69 Å². The predicted molar refractivity (Wildman–Crippen MR) is 127 cm³/mol. The maximum atomic E-state index is 12.8. The minimum absolute atomic E-state index is 0.0851. The summed E-state index contributed by atoms with van der Waals surface area (Å²) < 4.78 is 3.95. The number of hydrogen-bond acceptors (Lipinski definition) is 6. The highest BCUT2D eigenvalue weighted by Gasteiger charge is 2.24. The minimum atomic E-state index is -0.0851. The quantitative estimate of drug-likeness (QED) is 0.508. The Balaban J connectivity index is 1.32. The fraction of sp³-hybridized carbons (Fsp3) is 0.455. The van der Waals surface area contributed by atoms with Crippen LogP contribution in [0, 0.1) is 0 Å². The van der Waals surface area contributed by atoms with Crippen molar-refractivity contribution < 1.29 is 4.79 Å². The van der Waals surface area contributed by atoms with Gasteiger partial charge in [-0.15, -0.1) is 10.2 Å². The van der Waals surface area contributed by atoms with Gasteiger partial charge in [0.25, 0.3) is 0 Å². The monoisotopic (exact) mass is 471 g/mol. The van der Waals surface area contributed by atoms with Gasteiger partial charge in [0, 0.05) is 24.2 Å². The molecule has 8 nitrogen and oxygen atoms in total. The van der Waals surface area contributed by atoms with Crippen LogP contribution in [0.25, 0.3) is 5.69 Å². The second-order valence-electron chi connectivity index (χ2n) is 8.23. The first-order valence-corrected chi connectivity index (χ1v) is 12.5. The van der Waals surface area contributed by atoms with E-state index in [1.807, 2.05) is 39.6 Å². The number of hydrogen-bond donors (Lipinski definition) is 1. The minimum Gasteiger partial charge on any atom is -0.341 e. The van der Waals surface area contributed by atoms with Gasteiger partial charge in [-0.1, -0.05) is 42.3 Å². The van der Waals surface area contributed by atoms with Gasteiger partial charge in [0.2, 0.25) is 11.9 Å². The number of carbonyl (C=O) groups is 1. The van der Waals surface area contributed by atoms with E-state index in [2.05, 4.69) is 25.5 Å². The smallest absolute Gasteiger partial charge is 0.235 e. The lowest BCUT2D eigenvalue weighted by Crippen LogP contribution is -2.22. The maximum Gasteiger partial charge on any atom is 0.235 e. The number of thioether (sulfide) groups is 1. The summed E-state index contributed by atoms with van der Waals surface area (Å²) in [6, 6.07) is 9.88. The van der Waals surface area contributed by atoms with Crippen LogP contribution in [0.1, 0.15) is 44.6 Å². The van der Waals surface area contributed by atoms with E-state index in [4.69, 9.17) is 11.6 Å². The number of nitrogens with one attached hydrogen (secondary N) is 1. The molecule has 1 N–H and O–H groups in total. The number of aromatic nitrogens is 5. The molecule has 0 bridgehead atoms. The van der Waals surface area contributed by atoms with Gasteiger partial charge >= 0.3 is 0 Å². The molecular weight excluding hydrogens is 446 g/mol. The van der Waals surface area contributed by atoms with Gasteiger partial charge in [-0.3, -0.25) is 9.36 Å². The van der Waals surface area contributed by atoms with Gasteiger partial charge in [-0.05, 0) is 43.9 Å². The first kappa shape index (κ1) is 21.3. The molecule has 2 aliphatic rings. The predicted octanol–water partition coefficient (Wildman–Crippen LogP) is 4.56. The molecule has 10 heteroatoms. The first-order chi connectivity index (χ1) is 15.7. The lowest BCUT2D eigenvalue weighted by Gasteiger charge is -2.18. The Bertz CT molecular complexity index is 1090. The zero-order valence-corrected chi connectivity index (χ0v) is 19.4. The van der Waals surface area contributed by atoms with Gasteiger partial charge < -0.3 is 10.2 Å². The molecule has 0 radical (unpaired) electrons. The second-order valence-corrected chi connectivity index (χ2v) is 9.61. The van der Waals surface area contributed by atoms with E-state index < -0.39 is 0 Å². The molecule has 168 valence electrons. The van der Waals surface area contributed by atoms with Gasteiger partial charge in [-0.2, -0.15) is 5.10 Å². The van der Waals surface area contributed by atoms with Crippen LogP contribution in [-0.2, 0) is 4.79 Å². The van der Waals surface area contributed by atoms with Gasteiger partial charge in [0.15, 0.2) is 5.16 Å². The Labute approximate surface area is 196 Å². The number of rotatable bonds is 7. The fourth-order valence-corrected chi connectivity index (χ4v) is 5.41. The van der Waals surface area contributed by atoms with Crippen molar-refractivity contribution in [2.45, 2.75) is 49.7 Å². The molecule has 1 aliphatic heterocycles. The third kappa shape index (κ3) is 4.49. The topological polar surface area (TPSA) is 80.9 Å². The van der Waals surface area contributed by atoms with Crippen LogP contribution in [-0.4, -0.2) is 49.3 Å². The highest BCUT2D eigenvalue weighted by Crippen LogP contribution is 2.32. The Morgan fingerprint density at radius 3 is 2.72 bits per heavy atom. The average Bonchev–Trinajstić information content (AvgIpc) is 3.59. The summed E-state index contributed by atoms with van der Waals surface area (Å²) in [6.45, 7) is 1.91. The molecule has 0 spiro atoms. The van der Waals surface area contributed by atoms with E-state index in [0.29, 0.717) is 16.2 Å². The molecule has 0 unspecified atom stereocenters. The second kappa shape index (κ2) is 9.54. The van der Waals surface area contributed by atoms with Crippen LogP contribution in [0.2, 0.25) is 5.02 Å². The Morgan fingerprint density at radius 1 is 1.12 bits per heavy atom. The molecule has 1 aromatic carbocycles. The summed E-state index contributed by atoms with van der Waals surface area (Å²) in [7, 11) is 0.